The van der Waals surface area contributed by atoms with Gasteiger partial charge in [-0.15, -0.1) is 0 Å². The maximum Gasteiger partial charge on any atom is 0.258 e. The van der Waals surface area contributed by atoms with E-state index in [0.717, 1.165) is 5.56 Å². The molecule has 3 rings (SSSR count). The molecular weight excluding hydrogens is 376 g/mol. The summed E-state index contributed by atoms with van der Waals surface area (Å²) in [6, 6.07) is 23.8. The van der Waals surface area contributed by atoms with Gasteiger partial charge in [0.15, 0.2) is 0 Å². The van der Waals surface area contributed by atoms with Crippen LogP contribution >= 0.6 is 0 Å². The van der Waals surface area contributed by atoms with Crippen LogP contribution in [0.5, 0.6) is 5.75 Å². The van der Waals surface area contributed by atoms with Crippen LogP contribution in [0.3, 0.4) is 0 Å². The van der Waals surface area contributed by atoms with Gasteiger partial charge in [-0.05, 0) is 55.8 Å². The molecule has 0 spiro atoms. The van der Waals surface area contributed by atoms with Crippen LogP contribution < -0.4 is 15.0 Å². The summed E-state index contributed by atoms with van der Waals surface area (Å²) in [5, 5.41) is 2.92. The van der Waals surface area contributed by atoms with Crippen molar-refractivity contribution in [2.45, 2.75) is 26.5 Å². The fourth-order valence-corrected chi connectivity index (χ4v) is 3.08. The number of nitrogens with zero attached hydrogens (tertiary/aromatic N) is 1. The summed E-state index contributed by atoms with van der Waals surface area (Å²) in [7, 11) is 1.67. The zero-order valence-electron chi connectivity index (χ0n) is 17.5. The minimum Gasteiger partial charge on any atom is -0.491 e. The maximum absolute atomic E-state index is 13.0. The number of benzene rings is 3. The van der Waals surface area contributed by atoms with Crippen molar-refractivity contribution in [2.75, 3.05) is 11.9 Å². The average molecular weight is 402 g/mol. The predicted molar refractivity (Wildman–Crippen MR) is 119 cm³/mol. The third-order valence-corrected chi connectivity index (χ3v) is 4.58. The monoisotopic (exact) mass is 402 g/mol. The first-order chi connectivity index (χ1) is 14.5. The van der Waals surface area contributed by atoms with Crippen molar-refractivity contribution in [1.82, 2.24) is 5.32 Å². The van der Waals surface area contributed by atoms with Crippen molar-refractivity contribution in [1.29, 1.82) is 0 Å². The van der Waals surface area contributed by atoms with Crippen LogP contribution in [0.2, 0.25) is 0 Å². The number of amides is 2. The number of carbonyl (C=O) groups excluding carboxylic acids is 2. The third kappa shape index (κ3) is 5.26. The molecule has 5 nitrogen and oxygen atoms in total. The average Bonchev–Trinajstić information content (AvgIpc) is 2.77. The molecule has 3 aromatic carbocycles. The van der Waals surface area contributed by atoms with Crippen molar-refractivity contribution < 1.29 is 14.3 Å². The van der Waals surface area contributed by atoms with Gasteiger partial charge in [0.2, 0.25) is 0 Å². The Hall–Kier alpha value is -3.60. The Balaban J connectivity index is 1.75. The van der Waals surface area contributed by atoms with E-state index in [1.54, 1.807) is 49.5 Å². The Labute approximate surface area is 177 Å². The Morgan fingerprint density at radius 3 is 2.20 bits per heavy atom. The second-order valence-electron chi connectivity index (χ2n) is 7.24. The summed E-state index contributed by atoms with van der Waals surface area (Å²) in [5.41, 5.74) is 2.53. The van der Waals surface area contributed by atoms with Crippen molar-refractivity contribution in [3.05, 3.63) is 95.6 Å². The van der Waals surface area contributed by atoms with Gasteiger partial charge in [-0.2, -0.15) is 0 Å². The van der Waals surface area contributed by atoms with E-state index >= 15 is 0 Å². The van der Waals surface area contributed by atoms with Crippen molar-refractivity contribution in [2.24, 2.45) is 0 Å². The molecule has 0 bridgehead atoms. The number of hydrogen-bond donors (Lipinski definition) is 1. The van der Waals surface area contributed by atoms with Gasteiger partial charge >= 0.3 is 0 Å². The Bertz CT molecular complexity index is 998. The van der Waals surface area contributed by atoms with E-state index in [9.17, 15) is 9.59 Å². The van der Waals surface area contributed by atoms with Crippen molar-refractivity contribution in [3.8, 4) is 5.75 Å². The normalized spacial score (nSPS) is 10.5. The molecule has 0 aliphatic carbocycles. The van der Waals surface area contributed by atoms with Crippen LogP contribution in [0, 0.1) is 0 Å². The van der Waals surface area contributed by atoms with Gasteiger partial charge in [-0.3, -0.25) is 9.59 Å². The largest absolute Gasteiger partial charge is 0.491 e. The fraction of sp³-hybridized carbons (Fsp3) is 0.200. The summed E-state index contributed by atoms with van der Waals surface area (Å²) in [5.74, 6) is 0.286. The predicted octanol–water partition coefficient (Wildman–Crippen LogP) is 4.68. The lowest BCUT2D eigenvalue weighted by Crippen LogP contribution is -2.30. The molecule has 0 aliphatic rings. The number of nitrogens with one attached hydrogen (secondary N) is 1. The summed E-state index contributed by atoms with van der Waals surface area (Å²) < 4.78 is 5.63. The Morgan fingerprint density at radius 2 is 1.53 bits per heavy atom. The van der Waals surface area contributed by atoms with E-state index in [-0.39, 0.29) is 17.9 Å². The first-order valence-electron chi connectivity index (χ1n) is 9.91. The van der Waals surface area contributed by atoms with E-state index < -0.39 is 0 Å². The minimum absolute atomic E-state index is 0.0653. The van der Waals surface area contributed by atoms with E-state index in [1.165, 1.54) is 4.90 Å². The van der Waals surface area contributed by atoms with Gasteiger partial charge in [0.25, 0.3) is 11.8 Å². The lowest BCUT2D eigenvalue weighted by molar-refractivity contribution is 0.0951. The summed E-state index contributed by atoms with van der Waals surface area (Å²) in [6.45, 7) is 4.32. The van der Waals surface area contributed by atoms with Crippen LogP contribution in [0.25, 0.3) is 0 Å². The van der Waals surface area contributed by atoms with Gasteiger partial charge in [0.1, 0.15) is 5.75 Å². The molecule has 0 atom stereocenters. The maximum atomic E-state index is 13.0. The van der Waals surface area contributed by atoms with Crippen LogP contribution in [0.1, 0.15) is 40.1 Å². The second-order valence-corrected chi connectivity index (χ2v) is 7.24. The van der Waals surface area contributed by atoms with Gasteiger partial charge in [0.05, 0.1) is 17.4 Å². The molecule has 0 saturated heterocycles. The van der Waals surface area contributed by atoms with Gasteiger partial charge < -0.3 is 15.0 Å². The molecule has 1 N–H and O–H groups in total. The van der Waals surface area contributed by atoms with E-state index in [0.29, 0.717) is 29.1 Å². The van der Waals surface area contributed by atoms with Crippen LogP contribution in [0.15, 0.2) is 78.9 Å². The first-order valence-corrected chi connectivity index (χ1v) is 9.91. The summed E-state index contributed by atoms with van der Waals surface area (Å²) in [6.07, 6.45) is 0.0653. The van der Waals surface area contributed by atoms with Gasteiger partial charge in [-0.1, -0.05) is 42.5 Å². The molecule has 3 aromatic rings. The molecule has 0 radical (unpaired) electrons. The first kappa shape index (κ1) is 21.1. The standard InChI is InChI=1S/C25H26N2O3/c1-18(2)30-21-15-13-20(14-16-21)25(29)27(3)23-12-8-7-11-22(23)24(28)26-17-19-9-5-4-6-10-19/h4-16,18H,17H2,1-3H3,(H,26,28). The van der Waals surface area contributed by atoms with Gasteiger partial charge in [-0.25, -0.2) is 0 Å². The highest BCUT2D eigenvalue weighted by atomic mass is 16.5. The summed E-state index contributed by atoms with van der Waals surface area (Å²) >= 11 is 0. The summed E-state index contributed by atoms with van der Waals surface area (Å²) in [4.78, 5) is 27.3. The van der Waals surface area contributed by atoms with Crippen LogP contribution in [-0.2, 0) is 6.54 Å². The molecule has 0 unspecified atom stereocenters. The minimum atomic E-state index is -0.227. The number of rotatable bonds is 7. The highest BCUT2D eigenvalue weighted by Gasteiger charge is 2.19. The van der Waals surface area contributed by atoms with Crippen molar-refractivity contribution >= 4 is 17.5 Å². The topological polar surface area (TPSA) is 58.6 Å². The number of anilines is 1. The third-order valence-electron chi connectivity index (χ3n) is 4.58. The SMILES string of the molecule is CC(C)Oc1ccc(C(=O)N(C)c2ccccc2C(=O)NCc2ccccc2)cc1. The number of hydrogen-bond acceptors (Lipinski definition) is 3. The molecule has 0 heterocycles. The smallest absolute Gasteiger partial charge is 0.258 e. The Morgan fingerprint density at radius 1 is 0.900 bits per heavy atom. The fourth-order valence-electron chi connectivity index (χ4n) is 3.08. The highest BCUT2D eigenvalue weighted by molar-refractivity contribution is 6.10. The van der Waals surface area contributed by atoms with Gasteiger partial charge in [0, 0.05) is 19.2 Å². The molecule has 30 heavy (non-hydrogen) atoms. The molecule has 154 valence electrons. The molecular formula is C25H26N2O3. The second kappa shape index (κ2) is 9.74. The lowest BCUT2D eigenvalue weighted by atomic mass is 10.1. The molecule has 2 amide bonds. The van der Waals surface area contributed by atoms with Crippen molar-refractivity contribution in [3.63, 3.8) is 0 Å². The van der Waals surface area contributed by atoms with E-state index in [2.05, 4.69) is 5.32 Å². The zero-order chi connectivity index (χ0) is 21.5. The molecule has 0 saturated carbocycles. The number of para-hydroxylation sites is 1. The lowest BCUT2D eigenvalue weighted by Gasteiger charge is -2.21. The number of ether oxygens (including phenoxy) is 1. The van der Waals surface area contributed by atoms with Crippen LogP contribution in [0.4, 0.5) is 5.69 Å². The highest BCUT2D eigenvalue weighted by Crippen LogP contribution is 2.22. The molecule has 0 fully saturated rings. The molecule has 5 heteroatoms. The molecule has 0 aromatic heterocycles. The zero-order valence-corrected chi connectivity index (χ0v) is 17.5. The number of carbonyl (C=O) groups is 2. The van der Waals surface area contributed by atoms with E-state index in [1.807, 2.05) is 50.2 Å². The van der Waals surface area contributed by atoms with Crippen LogP contribution in [-0.4, -0.2) is 25.0 Å². The molecule has 0 aliphatic heterocycles. The van der Waals surface area contributed by atoms with E-state index in [4.69, 9.17) is 4.74 Å². The Kier molecular flexibility index (Phi) is 6.86. The quantitative estimate of drug-likeness (QED) is 0.624.